The fourth-order valence-corrected chi connectivity index (χ4v) is 2.54. The second kappa shape index (κ2) is 4.17. The highest BCUT2D eigenvalue weighted by atomic mass is 15.3. The van der Waals surface area contributed by atoms with Crippen LogP contribution < -0.4 is 0 Å². The zero-order valence-electron chi connectivity index (χ0n) is 9.63. The van der Waals surface area contributed by atoms with Gasteiger partial charge in [0.25, 0.3) is 0 Å². The number of nitriles is 1. The van der Waals surface area contributed by atoms with E-state index in [0.29, 0.717) is 17.1 Å². The normalized spacial score (nSPS) is 17.1. The predicted octanol–water partition coefficient (Wildman–Crippen LogP) is 2.65. The highest BCUT2D eigenvalue weighted by Gasteiger charge is 2.20. The molecule has 0 spiro atoms. The highest BCUT2D eigenvalue weighted by molar-refractivity contribution is 5.54. The van der Waals surface area contributed by atoms with E-state index in [1.165, 1.54) is 32.1 Å². The largest absolute Gasteiger partial charge is 0.219 e. The van der Waals surface area contributed by atoms with Crippen LogP contribution in [0.5, 0.6) is 0 Å². The molecule has 0 saturated heterocycles. The topological polar surface area (TPSA) is 54.0 Å². The lowest BCUT2D eigenvalue weighted by Gasteiger charge is -2.17. The summed E-state index contributed by atoms with van der Waals surface area (Å²) in [5.74, 6) is 1.39. The Bertz CT molecular complexity index is 573. The molecule has 0 aliphatic heterocycles. The van der Waals surface area contributed by atoms with Crippen LogP contribution in [0.2, 0.25) is 0 Å². The van der Waals surface area contributed by atoms with E-state index in [4.69, 9.17) is 5.26 Å². The molecule has 0 radical (unpaired) electrons. The van der Waals surface area contributed by atoms with Crippen LogP contribution in [-0.4, -0.2) is 14.6 Å². The second-order valence-electron chi connectivity index (χ2n) is 4.61. The molecule has 86 valence electrons. The van der Waals surface area contributed by atoms with Crippen molar-refractivity contribution < 1.29 is 0 Å². The van der Waals surface area contributed by atoms with Crippen LogP contribution in [0.4, 0.5) is 0 Å². The molecule has 17 heavy (non-hydrogen) atoms. The van der Waals surface area contributed by atoms with Gasteiger partial charge < -0.3 is 0 Å². The summed E-state index contributed by atoms with van der Waals surface area (Å²) in [5, 5.41) is 13.5. The average Bonchev–Trinajstić information content (AvgIpc) is 2.83. The Morgan fingerprint density at radius 3 is 2.88 bits per heavy atom. The van der Waals surface area contributed by atoms with E-state index in [2.05, 4.69) is 16.2 Å². The molecule has 0 unspecified atom stereocenters. The summed E-state index contributed by atoms with van der Waals surface area (Å²) < 4.78 is 1.72. The van der Waals surface area contributed by atoms with E-state index < -0.39 is 0 Å². The van der Waals surface area contributed by atoms with E-state index >= 15 is 0 Å². The van der Waals surface area contributed by atoms with Gasteiger partial charge in [0.1, 0.15) is 6.07 Å². The van der Waals surface area contributed by atoms with Crippen LogP contribution in [0.15, 0.2) is 18.3 Å². The number of hydrogen-bond donors (Lipinski definition) is 0. The first-order valence-electron chi connectivity index (χ1n) is 6.14. The van der Waals surface area contributed by atoms with Gasteiger partial charge in [-0.1, -0.05) is 19.3 Å². The van der Waals surface area contributed by atoms with E-state index in [-0.39, 0.29) is 0 Å². The maximum Gasteiger partial charge on any atom is 0.173 e. The summed E-state index contributed by atoms with van der Waals surface area (Å²) in [4.78, 5) is 4.54. The summed E-state index contributed by atoms with van der Waals surface area (Å²) in [6.07, 6.45) is 8.08. The van der Waals surface area contributed by atoms with Gasteiger partial charge in [0, 0.05) is 12.1 Å². The number of pyridine rings is 1. The molecular formula is C13H14N4. The highest BCUT2D eigenvalue weighted by Crippen LogP contribution is 2.31. The number of fused-ring (bicyclic) bond motifs is 1. The first-order chi connectivity index (χ1) is 8.38. The molecule has 0 bridgehead atoms. The van der Waals surface area contributed by atoms with Crippen LogP contribution in [0, 0.1) is 11.3 Å². The van der Waals surface area contributed by atoms with Gasteiger partial charge in [0.2, 0.25) is 0 Å². The van der Waals surface area contributed by atoms with Gasteiger partial charge in [-0.05, 0) is 25.0 Å². The van der Waals surface area contributed by atoms with Crippen molar-refractivity contribution in [1.29, 1.82) is 5.26 Å². The zero-order chi connectivity index (χ0) is 11.7. The number of rotatable bonds is 1. The first-order valence-corrected chi connectivity index (χ1v) is 6.14. The molecule has 0 atom stereocenters. The minimum Gasteiger partial charge on any atom is -0.219 e. The summed E-state index contributed by atoms with van der Waals surface area (Å²) in [7, 11) is 0. The molecule has 1 aliphatic rings. The van der Waals surface area contributed by atoms with Gasteiger partial charge in [0.15, 0.2) is 11.5 Å². The zero-order valence-corrected chi connectivity index (χ0v) is 9.63. The van der Waals surface area contributed by atoms with Gasteiger partial charge in [-0.3, -0.25) is 0 Å². The SMILES string of the molecule is N#Cc1cccn2nc(C3CCCCC3)nc12. The molecule has 0 aromatic carbocycles. The average molecular weight is 226 g/mol. The van der Waals surface area contributed by atoms with E-state index in [0.717, 1.165) is 5.82 Å². The van der Waals surface area contributed by atoms with Gasteiger partial charge in [-0.2, -0.15) is 10.4 Å². The third kappa shape index (κ3) is 1.78. The Labute approximate surface area is 99.9 Å². The van der Waals surface area contributed by atoms with Crippen LogP contribution >= 0.6 is 0 Å². The smallest absolute Gasteiger partial charge is 0.173 e. The lowest BCUT2D eigenvalue weighted by molar-refractivity contribution is 0.429. The van der Waals surface area contributed by atoms with Crippen molar-refractivity contribution in [3.63, 3.8) is 0 Å². The lowest BCUT2D eigenvalue weighted by atomic mass is 9.89. The van der Waals surface area contributed by atoms with E-state index in [1.807, 2.05) is 12.3 Å². The van der Waals surface area contributed by atoms with Crippen molar-refractivity contribution in [3.8, 4) is 6.07 Å². The third-order valence-corrected chi connectivity index (χ3v) is 3.47. The summed E-state index contributed by atoms with van der Waals surface area (Å²) in [6, 6.07) is 5.79. The fraction of sp³-hybridized carbons (Fsp3) is 0.462. The van der Waals surface area contributed by atoms with Gasteiger partial charge in [-0.15, -0.1) is 0 Å². The van der Waals surface area contributed by atoms with Gasteiger partial charge in [0.05, 0.1) is 5.56 Å². The van der Waals surface area contributed by atoms with Crippen molar-refractivity contribution in [3.05, 3.63) is 29.7 Å². The maximum atomic E-state index is 9.02. The molecule has 0 amide bonds. The molecule has 4 nitrogen and oxygen atoms in total. The van der Waals surface area contributed by atoms with Crippen LogP contribution in [0.25, 0.3) is 5.65 Å². The van der Waals surface area contributed by atoms with Crippen molar-refractivity contribution in [1.82, 2.24) is 14.6 Å². The molecule has 2 aromatic heterocycles. The molecule has 4 heteroatoms. The minimum absolute atomic E-state index is 0.482. The standard InChI is InChI=1S/C13H14N4/c14-9-11-7-4-8-17-13(11)15-12(16-17)10-5-2-1-3-6-10/h4,7-8,10H,1-3,5-6H2. The fourth-order valence-electron chi connectivity index (χ4n) is 2.54. The Morgan fingerprint density at radius 1 is 1.29 bits per heavy atom. The Morgan fingerprint density at radius 2 is 2.12 bits per heavy atom. The lowest BCUT2D eigenvalue weighted by Crippen LogP contribution is -2.06. The Kier molecular flexibility index (Phi) is 2.52. The number of hydrogen-bond acceptors (Lipinski definition) is 3. The van der Waals surface area contributed by atoms with Crippen LogP contribution in [-0.2, 0) is 0 Å². The molecule has 0 N–H and O–H groups in total. The molecule has 3 rings (SSSR count). The molecule has 1 saturated carbocycles. The predicted molar refractivity (Wildman–Crippen MR) is 63.5 cm³/mol. The maximum absolute atomic E-state index is 9.02. The van der Waals surface area contributed by atoms with Crippen molar-refractivity contribution in [2.75, 3.05) is 0 Å². The Balaban J connectivity index is 2.04. The van der Waals surface area contributed by atoms with E-state index in [9.17, 15) is 0 Å². The summed E-state index contributed by atoms with van der Waals surface area (Å²) >= 11 is 0. The molecule has 2 aromatic rings. The second-order valence-corrected chi connectivity index (χ2v) is 4.61. The summed E-state index contributed by atoms with van der Waals surface area (Å²) in [5.41, 5.74) is 1.29. The van der Waals surface area contributed by atoms with E-state index in [1.54, 1.807) is 10.6 Å². The van der Waals surface area contributed by atoms with Crippen molar-refractivity contribution in [2.45, 2.75) is 38.0 Å². The van der Waals surface area contributed by atoms with Gasteiger partial charge >= 0.3 is 0 Å². The van der Waals surface area contributed by atoms with Gasteiger partial charge in [-0.25, -0.2) is 9.50 Å². The van der Waals surface area contributed by atoms with Crippen LogP contribution in [0.1, 0.15) is 49.4 Å². The summed E-state index contributed by atoms with van der Waals surface area (Å²) in [6.45, 7) is 0. The molecular weight excluding hydrogens is 212 g/mol. The number of aromatic nitrogens is 3. The van der Waals surface area contributed by atoms with Crippen molar-refractivity contribution >= 4 is 5.65 Å². The van der Waals surface area contributed by atoms with Crippen LogP contribution in [0.3, 0.4) is 0 Å². The third-order valence-electron chi connectivity index (χ3n) is 3.47. The number of nitrogens with zero attached hydrogens (tertiary/aromatic N) is 4. The molecule has 1 aliphatic carbocycles. The van der Waals surface area contributed by atoms with Crippen molar-refractivity contribution in [2.24, 2.45) is 0 Å². The quantitative estimate of drug-likeness (QED) is 0.751. The monoisotopic (exact) mass is 226 g/mol. The minimum atomic E-state index is 0.482. The Hall–Kier alpha value is -1.89. The first kappa shape index (κ1) is 10.3. The molecule has 2 heterocycles. The molecule has 1 fully saturated rings.